The monoisotopic (exact) mass is 329 g/mol. The molecular weight excluding hydrogens is 306 g/mol. The number of para-hydroxylation sites is 1. The molecule has 3 aromatic carbocycles. The highest BCUT2D eigenvalue weighted by Crippen LogP contribution is 2.30. The fraction of sp³-hybridized carbons (Fsp3) is 0.217. The Morgan fingerprint density at radius 2 is 1.64 bits per heavy atom. The predicted octanol–water partition coefficient (Wildman–Crippen LogP) is 5.65. The standard InChI is InChI=1S/C23H23NO/c1-2-11-20(12-3-1)25-21-13-6-8-18(16-21)17-24-23-15-7-10-19-9-4-5-14-22(19)23/h1-6,8-9,11-14,16,23-24H,7,10,15,17H2/t23-/m0/s1. The first-order valence-electron chi connectivity index (χ1n) is 9.01. The largest absolute Gasteiger partial charge is 0.457 e. The van der Waals surface area contributed by atoms with E-state index in [0.29, 0.717) is 6.04 Å². The molecule has 1 N–H and O–H groups in total. The summed E-state index contributed by atoms with van der Waals surface area (Å²) >= 11 is 0. The fourth-order valence-electron chi connectivity index (χ4n) is 3.55. The molecule has 0 aromatic heterocycles. The van der Waals surface area contributed by atoms with Crippen LogP contribution in [0.15, 0.2) is 78.9 Å². The number of hydrogen-bond acceptors (Lipinski definition) is 2. The zero-order chi connectivity index (χ0) is 16.9. The zero-order valence-electron chi connectivity index (χ0n) is 14.3. The summed E-state index contributed by atoms with van der Waals surface area (Å²) in [6.45, 7) is 0.852. The van der Waals surface area contributed by atoms with Crippen LogP contribution < -0.4 is 10.1 Å². The lowest BCUT2D eigenvalue weighted by Gasteiger charge is -2.26. The van der Waals surface area contributed by atoms with Crippen LogP contribution in [0, 0.1) is 0 Å². The Morgan fingerprint density at radius 3 is 2.56 bits per heavy atom. The number of nitrogens with one attached hydrogen (secondary N) is 1. The minimum atomic E-state index is 0.448. The maximum Gasteiger partial charge on any atom is 0.127 e. The lowest BCUT2D eigenvalue weighted by molar-refractivity contribution is 0.456. The van der Waals surface area contributed by atoms with Crippen molar-refractivity contribution in [3.05, 3.63) is 95.6 Å². The molecule has 0 saturated carbocycles. The quantitative estimate of drug-likeness (QED) is 0.653. The summed E-state index contributed by atoms with van der Waals surface area (Å²) in [5.41, 5.74) is 4.20. The van der Waals surface area contributed by atoms with Crippen LogP contribution in [0.25, 0.3) is 0 Å². The van der Waals surface area contributed by atoms with Crippen molar-refractivity contribution in [1.82, 2.24) is 5.32 Å². The minimum absolute atomic E-state index is 0.448. The van der Waals surface area contributed by atoms with Gasteiger partial charge >= 0.3 is 0 Å². The van der Waals surface area contributed by atoms with Crippen molar-refractivity contribution >= 4 is 0 Å². The predicted molar refractivity (Wildman–Crippen MR) is 102 cm³/mol. The maximum absolute atomic E-state index is 5.94. The van der Waals surface area contributed by atoms with E-state index in [1.807, 2.05) is 36.4 Å². The molecule has 0 unspecified atom stereocenters. The van der Waals surface area contributed by atoms with Gasteiger partial charge in [0.2, 0.25) is 0 Å². The summed E-state index contributed by atoms with van der Waals surface area (Å²) in [5.74, 6) is 1.75. The second-order valence-electron chi connectivity index (χ2n) is 6.59. The molecule has 4 rings (SSSR count). The number of aryl methyl sites for hydroxylation is 1. The molecule has 0 aliphatic heterocycles. The van der Waals surface area contributed by atoms with E-state index in [1.54, 1.807) is 0 Å². The molecule has 1 aliphatic rings. The van der Waals surface area contributed by atoms with Gasteiger partial charge in [-0.3, -0.25) is 0 Å². The van der Waals surface area contributed by atoms with E-state index in [1.165, 1.54) is 36.0 Å². The molecule has 2 heteroatoms. The smallest absolute Gasteiger partial charge is 0.127 e. The summed E-state index contributed by atoms with van der Waals surface area (Å²) < 4.78 is 5.94. The Labute approximate surface area is 149 Å². The first-order valence-corrected chi connectivity index (χ1v) is 9.01. The summed E-state index contributed by atoms with van der Waals surface area (Å²) in [7, 11) is 0. The molecule has 0 fully saturated rings. The third-order valence-electron chi connectivity index (χ3n) is 4.80. The van der Waals surface area contributed by atoms with Crippen molar-refractivity contribution < 1.29 is 4.74 Å². The summed E-state index contributed by atoms with van der Waals surface area (Å²) in [6.07, 6.45) is 3.66. The van der Waals surface area contributed by atoms with Crippen LogP contribution in [0.4, 0.5) is 0 Å². The molecule has 0 bridgehead atoms. The highest BCUT2D eigenvalue weighted by Gasteiger charge is 2.18. The van der Waals surface area contributed by atoms with Gasteiger partial charge in [-0.15, -0.1) is 0 Å². The number of rotatable bonds is 5. The first kappa shape index (κ1) is 15.9. The number of fused-ring (bicyclic) bond motifs is 1. The SMILES string of the molecule is c1ccc(Oc2cccc(CN[C@H]3CCCc4ccccc43)c2)cc1. The Kier molecular flexibility index (Phi) is 4.80. The Bertz CT molecular complexity index is 828. The van der Waals surface area contributed by atoms with E-state index in [9.17, 15) is 0 Å². The van der Waals surface area contributed by atoms with Crippen molar-refractivity contribution in [1.29, 1.82) is 0 Å². The van der Waals surface area contributed by atoms with Crippen LogP contribution in [-0.4, -0.2) is 0 Å². The molecule has 0 spiro atoms. The molecule has 0 radical (unpaired) electrons. The van der Waals surface area contributed by atoms with E-state index in [2.05, 4.69) is 47.8 Å². The highest BCUT2D eigenvalue weighted by molar-refractivity contribution is 5.35. The van der Waals surface area contributed by atoms with Gasteiger partial charge in [0.25, 0.3) is 0 Å². The van der Waals surface area contributed by atoms with Gasteiger partial charge in [-0.05, 0) is 60.2 Å². The summed E-state index contributed by atoms with van der Waals surface area (Å²) in [5, 5.41) is 3.73. The molecule has 1 aliphatic carbocycles. The van der Waals surface area contributed by atoms with Gasteiger partial charge in [0.15, 0.2) is 0 Å². The van der Waals surface area contributed by atoms with E-state index in [-0.39, 0.29) is 0 Å². The topological polar surface area (TPSA) is 21.3 Å². The molecule has 2 nitrogen and oxygen atoms in total. The van der Waals surface area contributed by atoms with Crippen LogP contribution in [0.5, 0.6) is 11.5 Å². The molecule has 0 saturated heterocycles. The van der Waals surface area contributed by atoms with Crippen LogP contribution in [0.2, 0.25) is 0 Å². The third-order valence-corrected chi connectivity index (χ3v) is 4.80. The fourth-order valence-corrected chi connectivity index (χ4v) is 3.55. The molecular formula is C23H23NO. The Hall–Kier alpha value is -2.58. The lowest BCUT2D eigenvalue weighted by Crippen LogP contribution is -2.24. The van der Waals surface area contributed by atoms with Crippen LogP contribution in [0.3, 0.4) is 0 Å². The Morgan fingerprint density at radius 1 is 0.840 bits per heavy atom. The van der Waals surface area contributed by atoms with Gasteiger partial charge in [-0.1, -0.05) is 54.6 Å². The van der Waals surface area contributed by atoms with Crippen LogP contribution >= 0.6 is 0 Å². The molecule has 25 heavy (non-hydrogen) atoms. The average molecular weight is 329 g/mol. The molecule has 0 heterocycles. The first-order chi connectivity index (χ1) is 12.4. The molecule has 3 aromatic rings. The summed E-state index contributed by atoms with van der Waals surface area (Å²) in [6, 6.07) is 27.5. The van der Waals surface area contributed by atoms with Crippen molar-refractivity contribution in [2.45, 2.75) is 31.8 Å². The average Bonchev–Trinajstić information content (AvgIpc) is 2.67. The lowest BCUT2D eigenvalue weighted by atomic mass is 9.87. The highest BCUT2D eigenvalue weighted by atomic mass is 16.5. The van der Waals surface area contributed by atoms with E-state index in [4.69, 9.17) is 4.74 Å². The van der Waals surface area contributed by atoms with Crippen LogP contribution in [-0.2, 0) is 13.0 Å². The van der Waals surface area contributed by atoms with E-state index in [0.717, 1.165) is 18.0 Å². The van der Waals surface area contributed by atoms with Gasteiger partial charge < -0.3 is 10.1 Å². The molecule has 1 atom stereocenters. The van der Waals surface area contributed by atoms with Gasteiger partial charge in [-0.2, -0.15) is 0 Å². The van der Waals surface area contributed by atoms with Gasteiger partial charge in [0.05, 0.1) is 0 Å². The van der Waals surface area contributed by atoms with Gasteiger partial charge in [-0.25, -0.2) is 0 Å². The number of hydrogen-bond donors (Lipinski definition) is 1. The minimum Gasteiger partial charge on any atom is -0.457 e. The zero-order valence-corrected chi connectivity index (χ0v) is 14.3. The Balaban J connectivity index is 1.43. The number of ether oxygens (including phenoxy) is 1. The van der Waals surface area contributed by atoms with Crippen LogP contribution in [0.1, 0.15) is 35.6 Å². The van der Waals surface area contributed by atoms with Crippen molar-refractivity contribution in [3.8, 4) is 11.5 Å². The van der Waals surface area contributed by atoms with Crippen molar-refractivity contribution in [2.24, 2.45) is 0 Å². The second kappa shape index (κ2) is 7.54. The molecule has 0 amide bonds. The van der Waals surface area contributed by atoms with Crippen molar-refractivity contribution in [2.75, 3.05) is 0 Å². The normalized spacial score (nSPS) is 16.2. The number of benzene rings is 3. The maximum atomic E-state index is 5.94. The van der Waals surface area contributed by atoms with Gasteiger partial charge in [0, 0.05) is 12.6 Å². The third kappa shape index (κ3) is 3.92. The van der Waals surface area contributed by atoms with E-state index >= 15 is 0 Å². The van der Waals surface area contributed by atoms with Crippen molar-refractivity contribution in [3.63, 3.8) is 0 Å². The molecule has 126 valence electrons. The van der Waals surface area contributed by atoms with Gasteiger partial charge in [0.1, 0.15) is 11.5 Å². The second-order valence-corrected chi connectivity index (χ2v) is 6.59. The summed E-state index contributed by atoms with van der Waals surface area (Å²) in [4.78, 5) is 0. The van der Waals surface area contributed by atoms with E-state index < -0.39 is 0 Å².